The molecule has 3 aromatic heterocycles. The fourth-order valence-corrected chi connectivity index (χ4v) is 6.13. The van der Waals surface area contributed by atoms with E-state index in [9.17, 15) is 19.6 Å². The average molecular weight is 681 g/mol. The number of aryl methyl sites for hydroxylation is 1. The van der Waals surface area contributed by atoms with Gasteiger partial charge >= 0.3 is 0 Å². The molecule has 15 heteroatoms. The standard InChI is InChI=1S/C34H26ClFN8O5/c1-43-29(26-20(12-37)25(49-16-6-7-16)11-22(35)28(26)36)21(13-39-43)23-10-19-24(14-44-32(46)17-4-2-3-5-18(17)33(44)47)41-42-30(45)27(19)31(40-23)48-15-34(38)8-9-34/h2-5,10-11,13,16H,6-9,14-15,38H2,1H3,(H,42,45). The monoisotopic (exact) mass is 680 g/mol. The van der Waals surface area contributed by atoms with Crippen LogP contribution in [0, 0.1) is 17.1 Å². The van der Waals surface area contributed by atoms with Gasteiger partial charge in [0.1, 0.15) is 29.4 Å². The number of hydrogen-bond donors (Lipinski definition) is 2. The van der Waals surface area contributed by atoms with Crippen LogP contribution in [0.1, 0.15) is 57.7 Å². The first-order valence-corrected chi connectivity index (χ1v) is 15.9. The number of H-pyrrole nitrogens is 1. The topological polar surface area (TPSA) is 182 Å². The van der Waals surface area contributed by atoms with E-state index in [0.717, 1.165) is 30.6 Å². The Bertz CT molecular complexity index is 2320. The summed E-state index contributed by atoms with van der Waals surface area (Å²) >= 11 is 6.34. The molecular formula is C34H26ClFN8O5. The molecule has 2 fully saturated rings. The first-order chi connectivity index (χ1) is 23.6. The molecule has 0 spiro atoms. The molecule has 4 heterocycles. The Morgan fingerprint density at radius 1 is 1.14 bits per heavy atom. The largest absolute Gasteiger partial charge is 0.489 e. The third kappa shape index (κ3) is 5.18. The Balaban J connectivity index is 1.31. The van der Waals surface area contributed by atoms with Gasteiger partial charge in [-0.05, 0) is 43.9 Å². The second kappa shape index (κ2) is 11.2. The molecule has 8 rings (SSSR count). The van der Waals surface area contributed by atoms with Crippen molar-refractivity contribution >= 4 is 34.2 Å². The normalized spacial score (nSPS) is 16.2. The van der Waals surface area contributed by atoms with E-state index < -0.39 is 28.7 Å². The fourth-order valence-electron chi connectivity index (χ4n) is 5.93. The second-order valence-electron chi connectivity index (χ2n) is 12.5. The van der Waals surface area contributed by atoms with Crippen LogP contribution >= 0.6 is 11.6 Å². The molecule has 2 aliphatic carbocycles. The van der Waals surface area contributed by atoms with Gasteiger partial charge in [0.25, 0.3) is 17.4 Å². The summed E-state index contributed by atoms with van der Waals surface area (Å²) in [5, 5.41) is 21.3. The van der Waals surface area contributed by atoms with Crippen LogP contribution in [0.2, 0.25) is 5.02 Å². The highest BCUT2D eigenvalue weighted by molar-refractivity contribution is 6.31. The number of nitriles is 1. The predicted octanol–water partition coefficient (Wildman–Crippen LogP) is 4.26. The second-order valence-corrected chi connectivity index (χ2v) is 12.9. The number of nitrogens with two attached hydrogens (primary N) is 1. The Hall–Kier alpha value is -5.65. The first-order valence-electron chi connectivity index (χ1n) is 15.5. The lowest BCUT2D eigenvalue weighted by atomic mass is 9.98. The number of imide groups is 1. The number of nitrogens with one attached hydrogen (secondary N) is 1. The third-order valence-corrected chi connectivity index (χ3v) is 9.23. The molecule has 5 aromatic rings. The number of aromatic nitrogens is 5. The van der Waals surface area contributed by atoms with Crippen LogP contribution in [-0.2, 0) is 13.6 Å². The lowest BCUT2D eigenvalue weighted by Crippen LogP contribution is -2.31. The number of ether oxygens (including phenoxy) is 2. The SMILES string of the molecule is Cn1ncc(-c2cc3c(CN4C(=O)c5ccccc5C4=O)n[nH]c(=O)c3c(OCC3(N)CC3)n2)c1-c1c(F)c(Cl)cc(OC2CC2)c1C#N. The quantitative estimate of drug-likeness (QED) is 0.213. The van der Waals surface area contributed by atoms with Gasteiger partial charge in [-0.2, -0.15) is 15.5 Å². The highest BCUT2D eigenvalue weighted by Crippen LogP contribution is 2.43. The van der Waals surface area contributed by atoms with E-state index in [1.807, 2.05) is 0 Å². The molecule has 0 bridgehead atoms. The van der Waals surface area contributed by atoms with Crippen LogP contribution < -0.4 is 20.8 Å². The average Bonchev–Trinajstić information content (AvgIpc) is 4.01. The molecule has 0 radical (unpaired) electrons. The van der Waals surface area contributed by atoms with Crippen molar-refractivity contribution < 1.29 is 23.5 Å². The maximum Gasteiger partial charge on any atom is 0.277 e. The summed E-state index contributed by atoms with van der Waals surface area (Å²) in [5.41, 5.74) is 6.18. The lowest BCUT2D eigenvalue weighted by molar-refractivity contribution is 0.0640. The van der Waals surface area contributed by atoms with E-state index >= 15 is 4.39 Å². The number of pyridine rings is 1. The van der Waals surface area contributed by atoms with Crippen molar-refractivity contribution in [1.29, 1.82) is 5.26 Å². The van der Waals surface area contributed by atoms with Gasteiger partial charge in [0, 0.05) is 24.1 Å². The number of nitrogens with zero attached hydrogens (tertiary/aromatic N) is 6. The first kappa shape index (κ1) is 30.7. The Morgan fingerprint density at radius 2 is 1.86 bits per heavy atom. The Labute approximate surface area is 282 Å². The van der Waals surface area contributed by atoms with Crippen molar-refractivity contribution in [2.24, 2.45) is 12.8 Å². The molecule has 0 unspecified atom stereocenters. The van der Waals surface area contributed by atoms with Gasteiger partial charge in [-0.3, -0.25) is 24.0 Å². The van der Waals surface area contributed by atoms with Crippen molar-refractivity contribution in [3.05, 3.63) is 86.2 Å². The lowest BCUT2D eigenvalue weighted by Gasteiger charge is -2.18. The van der Waals surface area contributed by atoms with Crippen molar-refractivity contribution in [3.8, 4) is 40.2 Å². The van der Waals surface area contributed by atoms with E-state index in [-0.39, 0.29) is 91.6 Å². The number of benzene rings is 2. The molecule has 1 aliphatic heterocycles. The minimum absolute atomic E-state index is 0.0202. The number of hydrogen-bond acceptors (Lipinski definition) is 10. The van der Waals surface area contributed by atoms with E-state index in [4.69, 9.17) is 31.8 Å². The molecule has 0 saturated heterocycles. The summed E-state index contributed by atoms with van der Waals surface area (Å²) in [4.78, 5) is 45.6. The minimum Gasteiger partial charge on any atom is -0.489 e. The number of aromatic amines is 1. The molecule has 3 aliphatic rings. The van der Waals surface area contributed by atoms with Crippen molar-refractivity contribution in [3.63, 3.8) is 0 Å². The van der Waals surface area contributed by atoms with Crippen LogP contribution in [0.3, 0.4) is 0 Å². The van der Waals surface area contributed by atoms with Gasteiger partial charge < -0.3 is 15.2 Å². The van der Waals surface area contributed by atoms with Crippen LogP contribution in [0.4, 0.5) is 4.39 Å². The van der Waals surface area contributed by atoms with Crippen molar-refractivity contribution in [2.45, 2.75) is 43.9 Å². The number of halogens is 2. The van der Waals surface area contributed by atoms with Crippen LogP contribution in [0.15, 0.2) is 47.4 Å². The van der Waals surface area contributed by atoms with E-state index in [2.05, 4.69) is 21.4 Å². The molecule has 13 nitrogen and oxygen atoms in total. The smallest absolute Gasteiger partial charge is 0.277 e. The summed E-state index contributed by atoms with van der Waals surface area (Å²) in [7, 11) is 1.57. The zero-order valence-corrected chi connectivity index (χ0v) is 26.7. The van der Waals surface area contributed by atoms with Crippen LogP contribution in [0.5, 0.6) is 11.6 Å². The Morgan fingerprint density at radius 3 is 2.51 bits per heavy atom. The van der Waals surface area contributed by atoms with Gasteiger partial charge in [0.15, 0.2) is 5.82 Å². The molecular weight excluding hydrogens is 655 g/mol. The van der Waals surface area contributed by atoms with Crippen molar-refractivity contribution in [1.82, 2.24) is 29.9 Å². The predicted molar refractivity (Wildman–Crippen MR) is 173 cm³/mol. The zero-order valence-electron chi connectivity index (χ0n) is 25.9. The molecule has 2 aromatic carbocycles. The maximum absolute atomic E-state index is 16.0. The van der Waals surface area contributed by atoms with Gasteiger partial charge in [-0.25, -0.2) is 14.5 Å². The summed E-state index contributed by atoms with van der Waals surface area (Å²) in [5.74, 6) is -1.82. The number of rotatable bonds is 9. The Kier molecular flexibility index (Phi) is 7.02. The number of carbonyl (C=O) groups excluding carboxylic acids is 2. The molecule has 2 saturated carbocycles. The van der Waals surface area contributed by atoms with Crippen LogP contribution in [-0.4, -0.2) is 59.9 Å². The minimum atomic E-state index is -0.855. The number of fused-ring (bicyclic) bond motifs is 2. The molecule has 49 heavy (non-hydrogen) atoms. The van der Waals surface area contributed by atoms with Gasteiger partial charge in [0.05, 0.1) is 63.2 Å². The molecule has 3 N–H and O–H groups in total. The van der Waals surface area contributed by atoms with Gasteiger partial charge in [-0.1, -0.05) is 23.7 Å². The maximum atomic E-state index is 16.0. The molecule has 2 amide bonds. The van der Waals surface area contributed by atoms with E-state index in [1.165, 1.54) is 23.0 Å². The van der Waals surface area contributed by atoms with Crippen molar-refractivity contribution in [2.75, 3.05) is 6.61 Å². The third-order valence-electron chi connectivity index (χ3n) is 8.96. The summed E-state index contributed by atoms with van der Waals surface area (Å²) in [6.45, 7) is -0.232. The fraction of sp³-hybridized carbons (Fsp3) is 0.265. The van der Waals surface area contributed by atoms with Gasteiger partial charge in [0.2, 0.25) is 5.88 Å². The van der Waals surface area contributed by atoms with E-state index in [1.54, 1.807) is 31.3 Å². The zero-order chi connectivity index (χ0) is 34.2. The summed E-state index contributed by atoms with van der Waals surface area (Å²) in [6, 6.07) is 11.4. The van der Waals surface area contributed by atoms with Gasteiger partial charge in [-0.15, -0.1) is 0 Å². The van der Waals surface area contributed by atoms with E-state index in [0.29, 0.717) is 0 Å². The highest BCUT2D eigenvalue weighted by atomic mass is 35.5. The highest BCUT2D eigenvalue weighted by Gasteiger charge is 2.40. The number of amides is 2. The molecule has 246 valence electrons. The summed E-state index contributed by atoms with van der Waals surface area (Å²) in [6.07, 6.45) is 4.38. The summed E-state index contributed by atoms with van der Waals surface area (Å²) < 4.78 is 29.4. The molecule has 0 atom stereocenters. The van der Waals surface area contributed by atoms with Crippen LogP contribution in [0.25, 0.3) is 33.3 Å². The number of carbonyl (C=O) groups is 2.